The first-order valence-corrected chi connectivity index (χ1v) is 6.71. The maximum absolute atomic E-state index is 12.1. The van der Waals surface area contributed by atoms with Gasteiger partial charge in [-0.25, -0.2) is 5.01 Å². The van der Waals surface area contributed by atoms with Crippen LogP contribution in [0.15, 0.2) is 24.3 Å². The van der Waals surface area contributed by atoms with Gasteiger partial charge >= 0.3 is 0 Å². The van der Waals surface area contributed by atoms with Crippen molar-refractivity contribution in [2.24, 2.45) is 0 Å². The predicted octanol–water partition coefficient (Wildman–Crippen LogP) is 0.883. The molecular weight excluding hydrogens is 242 g/mol. The number of hydrogen-bond donors (Lipinski definition) is 1. The zero-order valence-electron chi connectivity index (χ0n) is 10.8. The number of benzene rings is 1. The number of imide groups is 1. The van der Waals surface area contributed by atoms with Gasteiger partial charge < -0.3 is 0 Å². The Morgan fingerprint density at radius 2 is 1.68 bits per heavy atom. The van der Waals surface area contributed by atoms with Crippen molar-refractivity contribution >= 4 is 11.8 Å². The van der Waals surface area contributed by atoms with Crippen LogP contribution in [-0.2, 0) is 0 Å². The van der Waals surface area contributed by atoms with Crippen LogP contribution in [0.25, 0.3) is 0 Å². The van der Waals surface area contributed by atoms with Crippen LogP contribution in [-0.4, -0.2) is 47.9 Å². The Bertz CT molecular complexity index is 474. The normalized spacial score (nSPS) is 19.9. The Hall–Kier alpha value is -1.72. The zero-order chi connectivity index (χ0) is 13.2. The van der Waals surface area contributed by atoms with E-state index in [1.807, 2.05) is 0 Å². The van der Waals surface area contributed by atoms with Crippen LogP contribution in [0.3, 0.4) is 0 Å². The highest BCUT2D eigenvalue weighted by Gasteiger charge is 2.34. The van der Waals surface area contributed by atoms with E-state index in [0.29, 0.717) is 24.2 Å². The lowest BCUT2D eigenvalue weighted by Crippen LogP contribution is -2.47. The summed E-state index contributed by atoms with van der Waals surface area (Å²) >= 11 is 0. The van der Waals surface area contributed by atoms with E-state index in [4.69, 9.17) is 0 Å². The molecule has 5 nitrogen and oxygen atoms in total. The first-order valence-electron chi connectivity index (χ1n) is 6.71. The SMILES string of the molecule is O=C1c2ccccc2C(=O)N1CCN1CCCCN1. The molecule has 0 aliphatic carbocycles. The molecule has 1 N–H and O–H groups in total. The van der Waals surface area contributed by atoms with E-state index in [9.17, 15) is 9.59 Å². The first kappa shape index (κ1) is 12.3. The maximum Gasteiger partial charge on any atom is 0.261 e. The minimum Gasteiger partial charge on any atom is -0.273 e. The molecule has 5 heteroatoms. The molecule has 0 aromatic heterocycles. The summed E-state index contributed by atoms with van der Waals surface area (Å²) in [5.41, 5.74) is 4.33. The molecular formula is C14H17N3O2. The average molecular weight is 259 g/mol. The summed E-state index contributed by atoms with van der Waals surface area (Å²) in [6.45, 7) is 3.08. The predicted molar refractivity (Wildman–Crippen MR) is 70.6 cm³/mol. The Labute approximate surface area is 112 Å². The summed E-state index contributed by atoms with van der Waals surface area (Å²) < 4.78 is 0. The molecule has 2 aliphatic rings. The molecule has 0 spiro atoms. The molecule has 1 aromatic rings. The number of nitrogens with zero attached hydrogens (tertiary/aromatic N) is 2. The van der Waals surface area contributed by atoms with Gasteiger partial charge in [-0.2, -0.15) is 0 Å². The first-order chi connectivity index (χ1) is 9.27. The summed E-state index contributed by atoms with van der Waals surface area (Å²) in [7, 11) is 0. The molecule has 0 atom stereocenters. The lowest BCUT2D eigenvalue weighted by molar-refractivity contribution is 0.0608. The van der Waals surface area contributed by atoms with Gasteiger partial charge in [0.2, 0.25) is 0 Å². The van der Waals surface area contributed by atoms with E-state index in [-0.39, 0.29) is 11.8 Å². The van der Waals surface area contributed by atoms with Crippen LogP contribution in [0.4, 0.5) is 0 Å². The fraction of sp³-hybridized carbons (Fsp3) is 0.429. The number of rotatable bonds is 3. The largest absolute Gasteiger partial charge is 0.273 e. The number of hydrazine groups is 1. The third kappa shape index (κ3) is 2.27. The van der Waals surface area contributed by atoms with Crippen LogP contribution in [0.2, 0.25) is 0 Å². The quantitative estimate of drug-likeness (QED) is 0.819. The van der Waals surface area contributed by atoms with E-state index >= 15 is 0 Å². The van der Waals surface area contributed by atoms with Gasteiger partial charge in [0, 0.05) is 26.2 Å². The van der Waals surface area contributed by atoms with Crippen molar-refractivity contribution in [2.75, 3.05) is 26.2 Å². The third-order valence-corrected chi connectivity index (χ3v) is 3.66. The second-order valence-electron chi connectivity index (χ2n) is 4.91. The minimum atomic E-state index is -0.169. The summed E-state index contributed by atoms with van der Waals surface area (Å²) in [6, 6.07) is 7.02. The van der Waals surface area contributed by atoms with Gasteiger partial charge in [0.1, 0.15) is 0 Å². The highest BCUT2D eigenvalue weighted by Crippen LogP contribution is 2.22. The minimum absolute atomic E-state index is 0.169. The van der Waals surface area contributed by atoms with Crippen LogP contribution in [0.5, 0.6) is 0 Å². The van der Waals surface area contributed by atoms with Crippen LogP contribution in [0.1, 0.15) is 33.6 Å². The van der Waals surface area contributed by atoms with E-state index in [2.05, 4.69) is 10.4 Å². The lowest BCUT2D eigenvalue weighted by atomic mass is 10.1. The Morgan fingerprint density at radius 1 is 1.00 bits per heavy atom. The average Bonchev–Trinajstić information content (AvgIpc) is 2.71. The van der Waals surface area contributed by atoms with Crippen LogP contribution < -0.4 is 5.43 Å². The molecule has 0 unspecified atom stereocenters. The number of nitrogens with one attached hydrogen (secondary N) is 1. The highest BCUT2D eigenvalue weighted by molar-refractivity contribution is 6.21. The van der Waals surface area contributed by atoms with Crippen molar-refractivity contribution < 1.29 is 9.59 Å². The van der Waals surface area contributed by atoms with Crippen molar-refractivity contribution in [3.05, 3.63) is 35.4 Å². The second-order valence-corrected chi connectivity index (χ2v) is 4.91. The summed E-state index contributed by atoms with van der Waals surface area (Å²) in [5, 5.41) is 2.09. The van der Waals surface area contributed by atoms with Crippen LogP contribution >= 0.6 is 0 Å². The van der Waals surface area contributed by atoms with Gasteiger partial charge in [-0.15, -0.1) is 0 Å². The van der Waals surface area contributed by atoms with E-state index in [1.165, 1.54) is 11.3 Å². The smallest absolute Gasteiger partial charge is 0.261 e. The summed E-state index contributed by atoms with van der Waals surface area (Å²) in [4.78, 5) is 25.6. The van der Waals surface area contributed by atoms with Gasteiger partial charge in [-0.1, -0.05) is 12.1 Å². The third-order valence-electron chi connectivity index (χ3n) is 3.66. The molecule has 2 aliphatic heterocycles. The molecule has 100 valence electrons. The topological polar surface area (TPSA) is 52.7 Å². The standard InChI is InChI=1S/C14H17N3O2/c18-13-11-5-1-2-6-12(11)14(19)17(13)10-9-16-8-4-3-7-15-16/h1-2,5-6,15H,3-4,7-10H2. The number of fused-ring (bicyclic) bond motifs is 1. The zero-order valence-corrected chi connectivity index (χ0v) is 10.8. The molecule has 19 heavy (non-hydrogen) atoms. The molecule has 1 fully saturated rings. The number of carbonyl (C=O) groups is 2. The fourth-order valence-electron chi connectivity index (χ4n) is 2.60. The van der Waals surface area contributed by atoms with Gasteiger partial charge in [0.25, 0.3) is 11.8 Å². The molecule has 1 saturated heterocycles. The Kier molecular flexibility index (Phi) is 3.31. The van der Waals surface area contributed by atoms with Gasteiger partial charge in [0.15, 0.2) is 0 Å². The lowest BCUT2D eigenvalue weighted by Gasteiger charge is -2.28. The summed E-state index contributed by atoms with van der Waals surface area (Å²) in [5.74, 6) is -0.338. The van der Waals surface area contributed by atoms with Crippen molar-refractivity contribution in [3.63, 3.8) is 0 Å². The van der Waals surface area contributed by atoms with Crippen molar-refractivity contribution in [2.45, 2.75) is 12.8 Å². The second kappa shape index (κ2) is 5.11. The van der Waals surface area contributed by atoms with Crippen LogP contribution in [0, 0.1) is 0 Å². The number of carbonyl (C=O) groups excluding carboxylic acids is 2. The number of amides is 2. The van der Waals surface area contributed by atoms with E-state index in [0.717, 1.165) is 19.5 Å². The molecule has 1 aromatic carbocycles. The van der Waals surface area contributed by atoms with Crippen molar-refractivity contribution in [1.29, 1.82) is 0 Å². The maximum atomic E-state index is 12.1. The Balaban J connectivity index is 1.67. The molecule has 0 radical (unpaired) electrons. The number of hydrogen-bond acceptors (Lipinski definition) is 4. The van der Waals surface area contributed by atoms with Crippen molar-refractivity contribution in [3.8, 4) is 0 Å². The van der Waals surface area contributed by atoms with Gasteiger partial charge in [-0.05, 0) is 25.0 Å². The molecule has 3 rings (SSSR count). The van der Waals surface area contributed by atoms with Crippen molar-refractivity contribution in [1.82, 2.24) is 15.3 Å². The fourth-order valence-corrected chi connectivity index (χ4v) is 2.60. The van der Waals surface area contributed by atoms with Gasteiger partial charge in [0.05, 0.1) is 11.1 Å². The van der Waals surface area contributed by atoms with Gasteiger partial charge in [-0.3, -0.25) is 19.9 Å². The highest BCUT2D eigenvalue weighted by atomic mass is 16.2. The molecule has 2 amide bonds. The summed E-state index contributed by atoms with van der Waals surface area (Å²) in [6.07, 6.45) is 2.35. The van der Waals surface area contributed by atoms with E-state index < -0.39 is 0 Å². The molecule has 0 saturated carbocycles. The molecule has 2 heterocycles. The Morgan fingerprint density at radius 3 is 2.26 bits per heavy atom. The molecule has 0 bridgehead atoms. The monoisotopic (exact) mass is 259 g/mol. The van der Waals surface area contributed by atoms with E-state index in [1.54, 1.807) is 24.3 Å².